The lowest BCUT2D eigenvalue weighted by molar-refractivity contribution is -0.255. The summed E-state index contributed by atoms with van der Waals surface area (Å²) in [5.74, 6) is -1.21. The Hall–Kier alpha value is -2.38. The maximum absolute atomic E-state index is 11.7. The number of nitrogens with one attached hydrogen (secondary N) is 1. The number of aromatic carboxylic acids is 1. The molecule has 6 nitrogen and oxygen atoms in total. The molecule has 0 heterocycles. The molecule has 0 spiro atoms. The Kier molecular flexibility index (Phi) is 6.34. The van der Waals surface area contributed by atoms with E-state index in [1.807, 2.05) is 0 Å². The monoisotopic (exact) mass is 409 g/mol. The number of hydrogen-bond donors (Lipinski definition) is 1. The summed E-state index contributed by atoms with van der Waals surface area (Å²) < 4.78 is 5.97. The van der Waals surface area contributed by atoms with Gasteiger partial charge in [-0.3, -0.25) is 4.79 Å². The van der Waals surface area contributed by atoms with Crippen LogP contribution in [0.5, 0.6) is 5.75 Å². The van der Waals surface area contributed by atoms with Crippen LogP contribution < -0.4 is 15.3 Å². The number of rotatable bonds is 6. The van der Waals surface area contributed by atoms with Gasteiger partial charge in [-0.05, 0) is 45.3 Å². The molecule has 2 rings (SSSR count). The molecular weight excluding hydrogens is 400 g/mol. The van der Waals surface area contributed by atoms with Crippen LogP contribution in [0, 0.1) is 0 Å². The van der Waals surface area contributed by atoms with Crippen molar-refractivity contribution in [3.05, 3.63) is 63.1 Å². The van der Waals surface area contributed by atoms with Crippen molar-refractivity contribution in [3.8, 4) is 5.75 Å². The van der Waals surface area contributed by atoms with Gasteiger partial charge >= 0.3 is 0 Å². The van der Waals surface area contributed by atoms with Crippen LogP contribution in [0.1, 0.15) is 15.9 Å². The molecule has 2 aromatic carbocycles. The number of nitrogens with zero attached hydrogens (tertiary/aromatic N) is 1. The number of ether oxygens (including phenoxy) is 1. The van der Waals surface area contributed by atoms with Crippen LogP contribution in [-0.4, -0.2) is 24.7 Å². The molecule has 0 aromatic heterocycles. The highest BCUT2D eigenvalue weighted by Crippen LogP contribution is 2.27. The predicted octanol–water partition coefficient (Wildman–Crippen LogP) is 2.00. The zero-order chi connectivity index (χ0) is 17.5. The number of carboxylic acids is 1. The molecule has 1 N–H and O–H groups in total. The van der Waals surface area contributed by atoms with Crippen molar-refractivity contribution in [1.82, 2.24) is 5.43 Å². The molecule has 0 fully saturated rings. The zero-order valence-electron chi connectivity index (χ0n) is 12.2. The van der Waals surface area contributed by atoms with Crippen molar-refractivity contribution in [2.24, 2.45) is 5.10 Å². The SMILES string of the molecule is O=C(COc1ccc(Cl)cc1Br)NN=Cc1ccc(C(=O)[O-])cc1. The Morgan fingerprint density at radius 2 is 1.96 bits per heavy atom. The maximum atomic E-state index is 11.7. The van der Waals surface area contributed by atoms with Gasteiger partial charge in [0.05, 0.1) is 16.7 Å². The Labute approximate surface area is 151 Å². The van der Waals surface area contributed by atoms with Crippen molar-refractivity contribution in [3.63, 3.8) is 0 Å². The van der Waals surface area contributed by atoms with Gasteiger partial charge in [0.25, 0.3) is 5.91 Å². The first kappa shape index (κ1) is 18.0. The van der Waals surface area contributed by atoms with E-state index >= 15 is 0 Å². The van der Waals surface area contributed by atoms with Crippen LogP contribution >= 0.6 is 27.5 Å². The molecule has 124 valence electrons. The lowest BCUT2D eigenvalue weighted by atomic mass is 10.1. The van der Waals surface area contributed by atoms with Crippen molar-refractivity contribution in [1.29, 1.82) is 0 Å². The number of hydrogen-bond acceptors (Lipinski definition) is 5. The molecule has 0 aliphatic rings. The first-order valence-corrected chi connectivity index (χ1v) is 7.84. The highest BCUT2D eigenvalue weighted by molar-refractivity contribution is 9.10. The van der Waals surface area contributed by atoms with Gasteiger partial charge in [-0.2, -0.15) is 5.10 Å². The lowest BCUT2D eigenvalue weighted by Gasteiger charge is -2.07. The second-order valence-corrected chi connectivity index (χ2v) is 5.86. The Balaban J connectivity index is 1.83. The molecule has 0 aliphatic carbocycles. The molecule has 0 saturated carbocycles. The van der Waals surface area contributed by atoms with Crippen LogP contribution in [0.2, 0.25) is 5.02 Å². The van der Waals surface area contributed by atoms with E-state index < -0.39 is 11.9 Å². The summed E-state index contributed by atoms with van der Waals surface area (Å²) in [7, 11) is 0. The third-order valence-electron chi connectivity index (χ3n) is 2.80. The molecule has 0 aliphatic heterocycles. The number of benzene rings is 2. The van der Waals surface area contributed by atoms with Gasteiger partial charge in [-0.15, -0.1) is 0 Å². The van der Waals surface area contributed by atoms with E-state index in [4.69, 9.17) is 16.3 Å². The summed E-state index contributed by atoms with van der Waals surface area (Å²) >= 11 is 9.09. The molecular formula is C16H11BrClN2O4-. The number of carbonyl (C=O) groups excluding carboxylic acids is 2. The van der Waals surface area contributed by atoms with E-state index in [-0.39, 0.29) is 12.2 Å². The van der Waals surface area contributed by atoms with Gasteiger partial charge in [0, 0.05) is 5.02 Å². The normalized spacial score (nSPS) is 10.6. The smallest absolute Gasteiger partial charge is 0.277 e. The van der Waals surface area contributed by atoms with Gasteiger partial charge in [0.1, 0.15) is 5.75 Å². The van der Waals surface area contributed by atoms with E-state index in [1.54, 1.807) is 30.3 Å². The van der Waals surface area contributed by atoms with Gasteiger partial charge in [-0.1, -0.05) is 35.9 Å². The zero-order valence-corrected chi connectivity index (χ0v) is 14.5. The maximum Gasteiger partial charge on any atom is 0.277 e. The largest absolute Gasteiger partial charge is 0.545 e. The van der Waals surface area contributed by atoms with E-state index in [2.05, 4.69) is 26.5 Å². The molecule has 0 unspecified atom stereocenters. The summed E-state index contributed by atoms with van der Waals surface area (Å²) in [5.41, 5.74) is 3.00. The van der Waals surface area contributed by atoms with Gasteiger partial charge in [0.15, 0.2) is 6.61 Å². The van der Waals surface area contributed by atoms with E-state index in [0.717, 1.165) is 0 Å². The van der Waals surface area contributed by atoms with E-state index in [0.29, 0.717) is 20.8 Å². The summed E-state index contributed by atoms with van der Waals surface area (Å²) in [6.07, 6.45) is 1.38. The summed E-state index contributed by atoms with van der Waals surface area (Å²) in [6, 6.07) is 10.8. The van der Waals surface area contributed by atoms with Crippen LogP contribution in [0.4, 0.5) is 0 Å². The minimum atomic E-state index is -1.25. The van der Waals surface area contributed by atoms with Crippen molar-refractivity contribution < 1.29 is 19.4 Å². The Morgan fingerprint density at radius 1 is 1.25 bits per heavy atom. The molecule has 2 aromatic rings. The molecule has 1 amide bonds. The number of amides is 1. The van der Waals surface area contributed by atoms with Crippen LogP contribution in [0.3, 0.4) is 0 Å². The standard InChI is InChI=1S/C16H12BrClN2O4/c17-13-7-12(18)5-6-14(13)24-9-15(21)20-19-8-10-1-3-11(4-2-10)16(22)23/h1-8H,9H2,(H,20,21)(H,22,23)/p-1. The molecule has 8 heteroatoms. The fourth-order valence-electron chi connectivity index (χ4n) is 1.65. The first-order valence-electron chi connectivity index (χ1n) is 6.67. The fourth-order valence-corrected chi connectivity index (χ4v) is 2.45. The average molecular weight is 411 g/mol. The van der Waals surface area contributed by atoms with Crippen LogP contribution in [-0.2, 0) is 4.79 Å². The summed E-state index contributed by atoms with van der Waals surface area (Å²) in [5, 5.41) is 14.9. The quantitative estimate of drug-likeness (QED) is 0.582. The number of halogens is 2. The van der Waals surface area contributed by atoms with Gasteiger partial charge in [0.2, 0.25) is 0 Å². The summed E-state index contributed by atoms with van der Waals surface area (Å²) in [4.78, 5) is 22.3. The second kappa shape index (κ2) is 8.47. The number of hydrazone groups is 1. The molecule has 0 atom stereocenters. The highest BCUT2D eigenvalue weighted by Gasteiger charge is 2.05. The van der Waals surface area contributed by atoms with E-state index in [9.17, 15) is 14.7 Å². The van der Waals surface area contributed by atoms with Gasteiger partial charge in [-0.25, -0.2) is 5.43 Å². The molecule has 0 saturated heterocycles. The van der Waals surface area contributed by atoms with E-state index in [1.165, 1.54) is 18.3 Å². The van der Waals surface area contributed by atoms with Crippen LogP contribution in [0.25, 0.3) is 0 Å². The number of carboxylic acid groups (broad SMARTS) is 1. The number of carbonyl (C=O) groups is 2. The second-order valence-electron chi connectivity index (χ2n) is 4.57. The molecule has 24 heavy (non-hydrogen) atoms. The first-order chi connectivity index (χ1) is 11.5. The van der Waals surface area contributed by atoms with Crippen molar-refractivity contribution >= 4 is 45.6 Å². The molecule has 0 bridgehead atoms. The summed E-state index contributed by atoms with van der Waals surface area (Å²) in [6.45, 7) is -0.221. The average Bonchev–Trinajstić information content (AvgIpc) is 2.54. The minimum Gasteiger partial charge on any atom is -0.545 e. The topological polar surface area (TPSA) is 90.8 Å². The van der Waals surface area contributed by atoms with Crippen LogP contribution in [0.15, 0.2) is 52.0 Å². The Morgan fingerprint density at radius 3 is 2.58 bits per heavy atom. The fraction of sp³-hybridized carbons (Fsp3) is 0.0625. The van der Waals surface area contributed by atoms with Crippen molar-refractivity contribution in [2.45, 2.75) is 0 Å². The van der Waals surface area contributed by atoms with Crippen molar-refractivity contribution in [2.75, 3.05) is 6.61 Å². The minimum absolute atomic E-state index is 0.0677. The van der Waals surface area contributed by atoms with Gasteiger partial charge < -0.3 is 14.6 Å². The predicted molar refractivity (Wildman–Crippen MR) is 91.2 cm³/mol. The Bertz CT molecular complexity index is 778. The third-order valence-corrected chi connectivity index (χ3v) is 3.66. The molecule has 0 radical (unpaired) electrons. The third kappa shape index (κ3) is 5.36. The lowest BCUT2D eigenvalue weighted by Crippen LogP contribution is -2.24. The highest BCUT2D eigenvalue weighted by atomic mass is 79.9.